The van der Waals surface area contributed by atoms with Crippen LogP contribution in [-0.2, 0) is 33.4 Å². The molecule has 0 aromatic heterocycles. The molecule has 0 heterocycles. The van der Waals surface area contributed by atoms with Crippen molar-refractivity contribution < 1.29 is 48.8 Å². The second kappa shape index (κ2) is 13.6. The van der Waals surface area contributed by atoms with E-state index in [0.717, 1.165) is 18.4 Å². The molecule has 11 heteroatoms. The van der Waals surface area contributed by atoms with Crippen LogP contribution in [0.3, 0.4) is 0 Å². The lowest BCUT2D eigenvalue weighted by Crippen LogP contribution is -2.62. The number of nitrogens with one attached hydrogen (secondary N) is 1. The van der Waals surface area contributed by atoms with Crippen molar-refractivity contribution >= 4 is 29.4 Å². The highest BCUT2D eigenvalue weighted by Gasteiger charge is 2.68. The maximum atomic E-state index is 13.5. The molecular formula is C36H47NO10. The van der Waals surface area contributed by atoms with Gasteiger partial charge in [-0.3, -0.25) is 19.2 Å². The van der Waals surface area contributed by atoms with Crippen LogP contribution < -0.4 is 5.32 Å². The lowest BCUT2D eigenvalue weighted by Gasteiger charge is -2.60. The van der Waals surface area contributed by atoms with Crippen LogP contribution in [0.25, 0.3) is 0 Å². The van der Waals surface area contributed by atoms with Gasteiger partial charge < -0.3 is 30.1 Å². The first-order valence-corrected chi connectivity index (χ1v) is 16.8. The van der Waals surface area contributed by atoms with Gasteiger partial charge in [-0.1, -0.05) is 49.8 Å². The second-order valence-corrected chi connectivity index (χ2v) is 14.2. The Bertz CT molecular complexity index is 1430. The molecule has 0 unspecified atom stereocenters. The number of esters is 2. The quantitative estimate of drug-likeness (QED) is 0.260. The van der Waals surface area contributed by atoms with E-state index in [2.05, 4.69) is 12.2 Å². The summed E-state index contributed by atoms with van der Waals surface area (Å²) in [6.07, 6.45) is 2.55. The molecule has 4 aliphatic rings. The fourth-order valence-corrected chi connectivity index (χ4v) is 9.29. The molecule has 0 aliphatic heterocycles. The highest BCUT2D eigenvalue weighted by atomic mass is 16.5. The summed E-state index contributed by atoms with van der Waals surface area (Å²) in [5, 5.41) is 36.6. The Morgan fingerprint density at radius 1 is 1.02 bits per heavy atom. The summed E-state index contributed by atoms with van der Waals surface area (Å²) in [7, 11) is 0. The molecular weight excluding hydrogens is 606 g/mol. The number of ketones is 2. The molecule has 1 amide bonds. The molecule has 0 bridgehead atoms. The van der Waals surface area contributed by atoms with E-state index in [1.165, 1.54) is 0 Å². The van der Waals surface area contributed by atoms with Crippen LogP contribution in [0.5, 0.6) is 0 Å². The molecule has 1 aromatic carbocycles. The van der Waals surface area contributed by atoms with Crippen LogP contribution in [0, 0.1) is 28.6 Å². The number of hydrogen-bond donors (Lipinski definition) is 4. The van der Waals surface area contributed by atoms with Crippen LogP contribution >= 0.6 is 0 Å². The molecule has 11 nitrogen and oxygen atoms in total. The highest BCUT2D eigenvalue weighted by Crippen LogP contribution is 2.67. The summed E-state index contributed by atoms with van der Waals surface area (Å²) in [6.45, 7) is 4.97. The monoisotopic (exact) mass is 653 g/mol. The Kier molecular flexibility index (Phi) is 10.1. The average Bonchev–Trinajstić information content (AvgIpc) is 3.32. The van der Waals surface area contributed by atoms with Crippen molar-refractivity contribution in [1.82, 2.24) is 5.32 Å². The fourth-order valence-electron chi connectivity index (χ4n) is 9.29. The maximum absolute atomic E-state index is 13.5. The van der Waals surface area contributed by atoms with E-state index in [-0.39, 0.29) is 54.8 Å². The van der Waals surface area contributed by atoms with E-state index >= 15 is 0 Å². The molecule has 5 rings (SSSR count). The number of ether oxygens (including phenoxy) is 2. The first kappa shape index (κ1) is 34.9. The molecule has 0 radical (unpaired) electrons. The lowest BCUT2D eigenvalue weighted by atomic mass is 9.45. The van der Waals surface area contributed by atoms with E-state index in [1.54, 1.807) is 43.3 Å². The summed E-state index contributed by atoms with van der Waals surface area (Å²) in [4.78, 5) is 63.5. The summed E-state index contributed by atoms with van der Waals surface area (Å²) in [5.41, 5.74) is -1.50. The lowest BCUT2D eigenvalue weighted by molar-refractivity contribution is -0.184. The topological polar surface area (TPSA) is 177 Å². The van der Waals surface area contributed by atoms with Crippen LogP contribution in [0.2, 0.25) is 0 Å². The number of amides is 1. The SMILES string of the molecule is CCOC(=O)[C@@H](NC(=O)CCC(=O)OCC(=O)[C@]1(O)CC[C@@H]2[C@@H]3CCC4=CC(=O)CC[C@]4(C)[C@@H]3[C@@H](O)C[C@@]21C)[C@H](O)c1ccccc1. The zero-order valence-electron chi connectivity index (χ0n) is 27.4. The first-order chi connectivity index (χ1) is 22.2. The van der Waals surface area contributed by atoms with Gasteiger partial charge in [0, 0.05) is 18.3 Å². The number of allylic oxidation sites excluding steroid dienone is 1. The third kappa shape index (κ3) is 6.41. The predicted molar refractivity (Wildman–Crippen MR) is 168 cm³/mol. The minimum atomic E-state index is -1.79. The zero-order valence-corrected chi connectivity index (χ0v) is 27.4. The fraction of sp³-hybridized carbons (Fsp3) is 0.639. The third-order valence-corrected chi connectivity index (χ3v) is 11.7. The molecule has 256 valence electrons. The minimum absolute atomic E-state index is 0.0150. The van der Waals surface area contributed by atoms with E-state index in [9.17, 15) is 39.3 Å². The number of hydrogen-bond acceptors (Lipinski definition) is 10. The van der Waals surface area contributed by atoms with Gasteiger partial charge in [0.1, 0.15) is 11.7 Å². The van der Waals surface area contributed by atoms with E-state index in [1.807, 2.05) is 6.92 Å². The second-order valence-electron chi connectivity index (χ2n) is 14.2. The van der Waals surface area contributed by atoms with Crippen molar-refractivity contribution in [3.05, 3.63) is 47.5 Å². The van der Waals surface area contributed by atoms with E-state index in [4.69, 9.17) is 9.47 Å². The molecule has 1 aromatic rings. The number of fused-ring (bicyclic) bond motifs is 5. The molecule has 0 spiro atoms. The minimum Gasteiger partial charge on any atom is -0.464 e. The molecule has 47 heavy (non-hydrogen) atoms. The standard InChI is InChI=1S/C36H47NO10/c1-4-46-33(44)31(32(43)21-8-6-5-7-9-21)37-28(41)12-13-29(42)47-20-27(40)36(45)17-15-25-24-11-10-22-18-23(38)14-16-34(22,2)30(24)26(39)19-35(25,36)3/h5-9,18,24-26,30-32,39,43,45H,4,10-17,19-20H2,1-3H3,(H,37,41)/t24-,25+,26-,30-,31-,32+,34-,35-,36+/m0/s1. The van der Waals surface area contributed by atoms with E-state index < -0.39 is 65.9 Å². The van der Waals surface area contributed by atoms with Gasteiger partial charge in [-0.25, -0.2) is 4.79 Å². The highest BCUT2D eigenvalue weighted by molar-refractivity contribution is 5.92. The number of benzene rings is 1. The summed E-state index contributed by atoms with van der Waals surface area (Å²) in [5.74, 6) is -2.85. The average molecular weight is 654 g/mol. The molecule has 4 N–H and O–H groups in total. The molecule has 4 aliphatic carbocycles. The van der Waals surface area contributed by atoms with Crippen LogP contribution in [0.15, 0.2) is 42.0 Å². The largest absolute Gasteiger partial charge is 0.464 e. The van der Waals surface area contributed by atoms with Crippen molar-refractivity contribution in [2.75, 3.05) is 13.2 Å². The molecule has 3 saturated carbocycles. The number of Topliss-reactive ketones (excluding diaryl/α,β-unsaturated/α-hetero) is 1. The van der Waals surface area contributed by atoms with Gasteiger partial charge in [-0.2, -0.15) is 0 Å². The van der Waals surface area contributed by atoms with Crippen molar-refractivity contribution in [3.63, 3.8) is 0 Å². The third-order valence-electron chi connectivity index (χ3n) is 11.7. The van der Waals surface area contributed by atoms with Gasteiger partial charge in [-0.05, 0) is 80.3 Å². The van der Waals surface area contributed by atoms with Crippen molar-refractivity contribution in [2.45, 2.75) is 102 Å². The Balaban J connectivity index is 1.17. The van der Waals surface area contributed by atoms with Gasteiger partial charge in [0.05, 0.1) is 19.1 Å². The van der Waals surface area contributed by atoms with Gasteiger partial charge in [0.25, 0.3) is 0 Å². The summed E-state index contributed by atoms with van der Waals surface area (Å²) in [6, 6.07) is 6.92. The maximum Gasteiger partial charge on any atom is 0.331 e. The van der Waals surface area contributed by atoms with Crippen molar-refractivity contribution in [1.29, 1.82) is 0 Å². The Morgan fingerprint density at radius 2 is 1.74 bits per heavy atom. The van der Waals surface area contributed by atoms with E-state index in [0.29, 0.717) is 24.8 Å². The summed E-state index contributed by atoms with van der Waals surface area (Å²) >= 11 is 0. The Hall–Kier alpha value is -3.41. The molecule has 3 fully saturated rings. The first-order valence-electron chi connectivity index (χ1n) is 16.8. The summed E-state index contributed by atoms with van der Waals surface area (Å²) < 4.78 is 10.2. The van der Waals surface area contributed by atoms with Gasteiger partial charge in [0.2, 0.25) is 11.7 Å². The normalized spacial score (nSPS) is 34.1. The van der Waals surface area contributed by atoms with Crippen LogP contribution in [0.1, 0.15) is 90.2 Å². The number of aliphatic hydroxyl groups is 3. The predicted octanol–water partition coefficient (Wildman–Crippen LogP) is 2.89. The Morgan fingerprint density at radius 3 is 2.45 bits per heavy atom. The molecule has 0 saturated heterocycles. The molecule has 9 atom stereocenters. The number of rotatable bonds is 11. The van der Waals surface area contributed by atoms with Crippen molar-refractivity contribution in [3.8, 4) is 0 Å². The number of aliphatic hydroxyl groups excluding tert-OH is 2. The smallest absolute Gasteiger partial charge is 0.331 e. The Labute approximate surface area is 275 Å². The zero-order chi connectivity index (χ0) is 34.1. The van der Waals surface area contributed by atoms with Gasteiger partial charge >= 0.3 is 11.9 Å². The van der Waals surface area contributed by atoms with Crippen LogP contribution in [0.4, 0.5) is 0 Å². The van der Waals surface area contributed by atoms with Crippen molar-refractivity contribution in [2.24, 2.45) is 28.6 Å². The number of carbonyl (C=O) groups is 5. The van der Waals surface area contributed by atoms with Crippen LogP contribution in [-0.4, -0.2) is 75.7 Å². The van der Waals surface area contributed by atoms with Gasteiger partial charge in [-0.15, -0.1) is 0 Å². The number of carbonyl (C=O) groups excluding carboxylic acids is 5. The van der Waals surface area contributed by atoms with Gasteiger partial charge in [0.15, 0.2) is 18.4 Å².